The maximum absolute atomic E-state index is 13.5. The van der Waals surface area contributed by atoms with Crippen LogP contribution in [-0.4, -0.2) is 45.9 Å². The summed E-state index contributed by atoms with van der Waals surface area (Å²) in [5.74, 6) is -0.0275. The van der Waals surface area contributed by atoms with Crippen molar-refractivity contribution in [3.63, 3.8) is 0 Å². The third-order valence-corrected chi connectivity index (χ3v) is 7.33. The van der Waals surface area contributed by atoms with Crippen molar-refractivity contribution in [2.24, 2.45) is 0 Å². The third kappa shape index (κ3) is 6.56. The normalized spacial score (nSPS) is 17.4. The minimum Gasteiger partial charge on any atom is -0.478 e. The Bertz CT molecular complexity index is 1530. The number of hydrogen-bond donors (Lipinski definition) is 2. The Morgan fingerprint density at radius 3 is 2.27 bits per heavy atom. The number of rotatable bonds is 11. The van der Waals surface area contributed by atoms with E-state index >= 15 is 0 Å². The molecule has 1 fully saturated rings. The number of aliphatic hydroxyl groups is 1. The first kappa shape index (κ1) is 33.6. The van der Waals surface area contributed by atoms with Crippen LogP contribution in [0.2, 0.25) is 0 Å². The minimum absolute atomic E-state index is 0.0110. The van der Waals surface area contributed by atoms with Crippen LogP contribution in [0.25, 0.3) is 0 Å². The standard InChI is InChI=1S/C31H31F6N3O5/c1-4-7-20-16-21(29(43,30(32,33)34)31(35,36)37)10-12-24(20)45-23-9-6-8-19(15-23)18-40-26(41)28(3,39-27(40)42)22-11-13-25(38-17-22)44-14-5-2/h6,8-13,15-17,43H,4-5,7,14,18H2,1-3H3,(H,39,42). The van der Waals surface area contributed by atoms with Crippen LogP contribution in [0, 0.1) is 0 Å². The number of aryl methyl sites for hydroxylation is 1. The van der Waals surface area contributed by atoms with Gasteiger partial charge in [0.1, 0.15) is 17.0 Å². The molecule has 1 unspecified atom stereocenters. The number of hydrogen-bond acceptors (Lipinski definition) is 6. The Morgan fingerprint density at radius 2 is 1.67 bits per heavy atom. The van der Waals surface area contributed by atoms with Crippen molar-refractivity contribution < 1.29 is 50.5 Å². The van der Waals surface area contributed by atoms with Gasteiger partial charge in [-0.2, -0.15) is 26.3 Å². The number of ether oxygens (including phenoxy) is 2. The first-order chi connectivity index (χ1) is 21.0. The number of pyridine rings is 1. The number of nitrogens with one attached hydrogen (secondary N) is 1. The maximum Gasteiger partial charge on any atom is 0.430 e. The van der Waals surface area contributed by atoms with Gasteiger partial charge in [0.2, 0.25) is 5.88 Å². The van der Waals surface area contributed by atoms with Crippen LogP contribution in [-0.2, 0) is 28.9 Å². The number of alkyl halides is 6. The molecule has 0 bridgehead atoms. The van der Waals surface area contributed by atoms with Crippen LogP contribution in [0.1, 0.15) is 55.9 Å². The van der Waals surface area contributed by atoms with E-state index in [1.54, 1.807) is 38.1 Å². The molecule has 242 valence electrons. The van der Waals surface area contributed by atoms with Crippen molar-refractivity contribution in [3.8, 4) is 17.4 Å². The fourth-order valence-electron chi connectivity index (χ4n) is 4.88. The molecule has 1 aliphatic heterocycles. The molecule has 4 rings (SSSR count). The zero-order valence-electron chi connectivity index (χ0n) is 24.6. The van der Waals surface area contributed by atoms with E-state index in [4.69, 9.17) is 9.47 Å². The van der Waals surface area contributed by atoms with Gasteiger partial charge in [0, 0.05) is 23.4 Å². The summed E-state index contributed by atoms with van der Waals surface area (Å²) in [4.78, 5) is 31.5. The number of amides is 3. The van der Waals surface area contributed by atoms with Crippen LogP contribution < -0.4 is 14.8 Å². The Hall–Kier alpha value is -4.33. The molecule has 2 heterocycles. The first-order valence-electron chi connectivity index (χ1n) is 14.0. The lowest BCUT2D eigenvalue weighted by molar-refractivity contribution is -0.376. The molecule has 0 radical (unpaired) electrons. The summed E-state index contributed by atoms with van der Waals surface area (Å²) >= 11 is 0. The summed E-state index contributed by atoms with van der Waals surface area (Å²) in [7, 11) is 0. The van der Waals surface area contributed by atoms with Crippen molar-refractivity contribution in [2.75, 3.05) is 6.61 Å². The van der Waals surface area contributed by atoms with E-state index < -0.39 is 41.0 Å². The molecule has 1 aliphatic rings. The first-order valence-corrected chi connectivity index (χ1v) is 14.0. The van der Waals surface area contributed by atoms with Gasteiger partial charge in [-0.1, -0.05) is 38.5 Å². The SMILES string of the molecule is CCCOc1ccc(C2(C)NC(=O)N(Cc3cccc(Oc4ccc(C(O)(C(F)(F)F)C(F)(F)F)cc4CCC)c3)C2=O)cn1. The Labute approximate surface area is 255 Å². The number of halogens is 6. The summed E-state index contributed by atoms with van der Waals surface area (Å²) < 4.78 is 92.0. The van der Waals surface area contributed by atoms with Crippen LogP contribution in [0.5, 0.6) is 17.4 Å². The highest BCUT2D eigenvalue weighted by Gasteiger charge is 2.71. The van der Waals surface area contributed by atoms with Crippen LogP contribution >= 0.6 is 0 Å². The molecule has 14 heteroatoms. The maximum atomic E-state index is 13.5. The average Bonchev–Trinajstić information content (AvgIpc) is 3.19. The second kappa shape index (κ2) is 12.6. The van der Waals surface area contributed by atoms with Gasteiger partial charge in [-0.15, -0.1) is 0 Å². The van der Waals surface area contributed by atoms with Gasteiger partial charge >= 0.3 is 18.4 Å². The third-order valence-electron chi connectivity index (χ3n) is 7.33. The smallest absolute Gasteiger partial charge is 0.430 e. The van der Waals surface area contributed by atoms with Gasteiger partial charge in [-0.3, -0.25) is 9.69 Å². The average molecular weight is 640 g/mol. The van der Waals surface area contributed by atoms with Crippen molar-refractivity contribution in [1.82, 2.24) is 15.2 Å². The molecule has 2 N–H and O–H groups in total. The minimum atomic E-state index is -6.02. The lowest BCUT2D eigenvalue weighted by Crippen LogP contribution is -2.53. The van der Waals surface area contributed by atoms with Gasteiger partial charge in [0.05, 0.1) is 13.2 Å². The molecule has 8 nitrogen and oxygen atoms in total. The van der Waals surface area contributed by atoms with E-state index in [0.717, 1.165) is 17.4 Å². The highest BCUT2D eigenvalue weighted by atomic mass is 19.4. The number of urea groups is 1. The second-order valence-corrected chi connectivity index (χ2v) is 10.7. The number of carbonyl (C=O) groups excluding carboxylic acids is 2. The zero-order chi connectivity index (χ0) is 33.2. The topological polar surface area (TPSA) is 101 Å². The highest BCUT2D eigenvalue weighted by molar-refractivity contribution is 6.07. The van der Waals surface area contributed by atoms with E-state index in [0.29, 0.717) is 42.2 Å². The van der Waals surface area contributed by atoms with Gasteiger partial charge < -0.3 is 19.9 Å². The molecule has 1 saturated heterocycles. The monoisotopic (exact) mass is 639 g/mol. The van der Waals surface area contributed by atoms with Gasteiger partial charge in [0.25, 0.3) is 11.5 Å². The summed E-state index contributed by atoms with van der Waals surface area (Å²) in [6.07, 6.45) is -9.41. The molecule has 1 aromatic heterocycles. The van der Waals surface area contributed by atoms with Gasteiger partial charge in [-0.25, -0.2) is 9.78 Å². The van der Waals surface area contributed by atoms with Crippen molar-refractivity contribution >= 4 is 11.9 Å². The van der Waals surface area contributed by atoms with Gasteiger partial charge in [0.15, 0.2) is 0 Å². The Morgan fingerprint density at radius 1 is 0.956 bits per heavy atom. The number of benzene rings is 2. The summed E-state index contributed by atoms with van der Waals surface area (Å²) in [6.45, 7) is 5.48. The van der Waals surface area contributed by atoms with Crippen molar-refractivity contribution in [3.05, 3.63) is 83.0 Å². The molecule has 1 atom stereocenters. The number of aromatic nitrogens is 1. The molecule has 3 amide bonds. The lowest BCUT2D eigenvalue weighted by atomic mass is 9.90. The lowest BCUT2D eigenvalue weighted by Gasteiger charge is -2.33. The van der Waals surface area contributed by atoms with Crippen LogP contribution in [0.4, 0.5) is 31.1 Å². The molecule has 0 spiro atoms. The van der Waals surface area contributed by atoms with E-state index in [9.17, 15) is 41.0 Å². The van der Waals surface area contributed by atoms with Gasteiger partial charge in [-0.05, 0) is 61.2 Å². The molecule has 2 aromatic carbocycles. The predicted octanol–water partition coefficient (Wildman–Crippen LogP) is 6.89. The van der Waals surface area contributed by atoms with E-state index in [1.807, 2.05) is 6.92 Å². The number of nitrogens with zero attached hydrogens (tertiary/aromatic N) is 2. The summed E-state index contributed by atoms with van der Waals surface area (Å²) in [6, 6.07) is 10.8. The fourth-order valence-corrected chi connectivity index (χ4v) is 4.88. The summed E-state index contributed by atoms with van der Waals surface area (Å²) in [5.41, 5.74) is -6.94. The molecule has 45 heavy (non-hydrogen) atoms. The van der Waals surface area contributed by atoms with Crippen molar-refractivity contribution in [2.45, 2.75) is 70.1 Å². The van der Waals surface area contributed by atoms with Crippen LogP contribution in [0.15, 0.2) is 60.8 Å². The summed E-state index contributed by atoms with van der Waals surface area (Å²) in [5, 5.41) is 12.5. The molecule has 0 aliphatic carbocycles. The predicted molar refractivity (Wildman–Crippen MR) is 149 cm³/mol. The molecule has 3 aromatic rings. The Kier molecular flexibility index (Phi) is 9.38. The fraction of sp³-hybridized carbons (Fsp3) is 0.387. The van der Waals surface area contributed by atoms with E-state index in [-0.39, 0.29) is 30.0 Å². The van der Waals surface area contributed by atoms with E-state index in [1.165, 1.54) is 18.3 Å². The highest BCUT2D eigenvalue weighted by Crippen LogP contribution is 2.50. The number of imide groups is 1. The largest absolute Gasteiger partial charge is 0.478 e. The second-order valence-electron chi connectivity index (χ2n) is 10.7. The van der Waals surface area contributed by atoms with Crippen molar-refractivity contribution in [1.29, 1.82) is 0 Å². The number of carbonyl (C=O) groups is 2. The zero-order valence-corrected chi connectivity index (χ0v) is 24.6. The Balaban J connectivity index is 1.56. The van der Waals surface area contributed by atoms with E-state index in [2.05, 4.69) is 10.3 Å². The molecular weight excluding hydrogens is 608 g/mol. The molecular formula is C31H31F6N3O5. The quantitative estimate of drug-likeness (QED) is 0.175. The molecule has 0 saturated carbocycles. The van der Waals surface area contributed by atoms with Crippen LogP contribution in [0.3, 0.4) is 0 Å².